The molecule has 1 amide bonds. The van der Waals surface area contributed by atoms with Crippen LogP contribution in [0.4, 0.5) is 0 Å². The molecule has 1 saturated heterocycles. The highest BCUT2D eigenvalue weighted by Crippen LogP contribution is 2.30. The van der Waals surface area contributed by atoms with Crippen LogP contribution in [0.25, 0.3) is 0 Å². The molecule has 22 heavy (non-hydrogen) atoms. The van der Waals surface area contributed by atoms with E-state index in [1.807, 2.05) is 36.1 Å². The molecule has 0 unspecified atom stereocenters. The number of carbonyl (C=O) groups excluding carboxylic acids is 1. The Morgan fingerprint density at radius 1 is 1.23 bits per heavy atom. The summed E-state index contributed by atoms with van der Waals surface area (Å²) >= 11 is 1.75. The predicted molar refractivity (Wildman–Crippen MR) is 89.8 cm³/mol. The lowest BCUT2D eigenvalue weighted by molar-refractivity contribution is 0.0713. The summed E-state index contributed by atoms with van der Waals surface area (Å²) in [6.45, 7) is 4.28. The van der Waals surface area contributed by atoms with Crippen LogP contribution >= 0.6 is 11.3 Å². The fourth-order valence-electron chi connectivity index (χ4n) is 2.97. The number of benzene rings is 1. The summed E-state index contributed by atoms with van der Waals surface area (Å²) in [5.41, 5.74) is 2.18. The van der Waals surface area contributed by atoms with E-state index in [4.69, 9.17) is 4.74 Å². The lowest BCUT2D eigenvalue weighted by Gasteiger charge is -2.32. The van der Waals surface area contributed by atoms with Crippen LogP contribution in [0.1, 0.15) is 41.6 Å². The van der Waals surface area contributed by atoms with Crippen LogP contribution in [-0.2, 0) is 0 Å². The lowest BCUT2D eigenvalue weighted by Crippen LogP contribution is -2.37. The molecule has 3 nitrogen and oxygen atoms in total. The zero-order chi connectivity index (χ0) is 15.4. The van der Waals surface area contributed by atoms with Gasteiger partial charge in [-0.1, -0.05) is 0 Å². The molecule has 1 fully saturated rings. The second-order valence-electron chi connectivity index (χ2n) is 5.58. The van der Waals surface area contributed by atoms with Crippen LogP contribution in [0.15, 0.2) is 41.1 Å². The van der Waals surface area contributed by atoms with E-state index in [2.05, 4.69) is 16.8 Å². The Balaban J connectivity index is 1.59. The molecule has 3 rings (SSSR count). The molecular formula is C18H21NO2S. The molecule has 1 aliphatic rings. The topological polar surface area (TPSA) is 29.5 Å². The third-order valence-electron chi connectivity index (χ3n) is 4.21. The normalized spacial score (nSPS) is 15.8. The van der Waals surface area contributed by atoms with E-state index < -0.39 is 0 Å². The van der Waals surface area contributed by atoms with Gasteiger partial charge in [0.2, 0.25) is 0 Å². The maximum absolute atomic E-state index is 12.5. The van der Waals surface area contributed by atoms with Gasteiger partial charge in [-0.05, 0) is 72.3 Å². The van der Waals surface area contributed by atoms with Gasteiger partial charge in [-0.3, -0.25) is 4.79 Å². The number of amides is 1. The first kappa shape index (κ1) is 15.1. The second-order valence-corrected chi connectivity index (χ2v) is 6.36. The van der Waals surface area contributed by atoms with Gasteiger partial charge in [-0.25, -0.2) is 0 Å². The van der Waals surface area contributed by atoms with Gasteiger partial charge in [-0.2, -0.15) is 11.3 Å². The molecule has 0 spiro atoms. The highest BCUT2D eigenvalue weighted by Gasteiger charge is 2.24. The molecule has 1 aliphatic heterocycles. The molecule has 4 heteroatoms. The third kappa shape index (κ3) is 3.33. The fraction of sp³-hybridized carbons (Fsp3) is 0.389. The largest absolute Gasteiger partial charge is 0.494 e. The Labute approximate surface area is 135 Å². The van der Waals surface area contributed by atoms with E-state index in [0.29, 0.717) is 12.5 Å². The summed E-state index contributed by atoms with van der Waals surface area (Å²) in [6, 6.07) is 9.67. The van der Waals surface area contributed by atoms with Gasteiger partial charge in [-0.15, -0.1) is 0 Å². The van der Waals surface area contributed by atoms with Crippen molar-refractivity contribution in [3.8, 4) is 5.75 Å². The van der Waals surface area contributed by atoms with Crippen LogP contribution < -0.4 is 4.74 Å². The second kappa shape index (κ2) is 6.97. The first-order valence-corrected chi connectivity index (χ1v) is 8.76. The minimum atomic E-state index is 0.131. The molecule has 2 heterocycles. The first-order valence-electron chi connectivity index (χ1n) is 7.82. The number of thiophene rings is 1. The Morgan fingerprint density at radius 2 is 1.95 bits per heavy atom. The number of hydrogen-bond donors (Lipinski definition) is 0. The standard InChI is InChI=1S/C18H21NO2S/c1-2-21-17-5-3-15(4-6-17)18(20)19-10-7-14(8-11-19)16-9-12-22-13-16/h3-6,9,12-14H,2,7-8,10-11H2,1H3. The van der Waals surface area contributed by atoms with Crippen molar-refractivity contribution in [2.24, 2.45) is 0 Å². The van der Waals surface area contributed by atoms with Gasteiger partial charge in [0.1, 0.15) is 5.75 Å². The van der Waals surface area contributed by atoms with Crippen LogP contribution in [0, 0.1) is 0 Å². The van der Waals surface area contributed by atoms with Crippen LogP contribution in [0.2, 0.25) is 0 Å². The van der Waals surface area contributed by atoms with Crippen molar-refractivity contribution in [1.82, 2.24) is 4.90 Å². The molecular weight excluding hydrogens is 294 g/mol. The Bertz CT molecular complexity index is 599. The summed E-state index contributed by atoms with van der Waals surface area (Å²) in [4.78, 5) is 14.5. The van der Waals surface area contributed by atoms with Gasteiger partial charge in [0.05, 0.1) is 6.61 Å². The Hall–Kier alpha value is -1.81. The summed E-state index contributed by atoms with van der Waals surface area (Å²) in [5.74, 6) is 1.55. The number of carbonyl (C=O) groups is 1. The molecule has 0 aliphatic carbocycles. The minimum absolute atomic E-state index is 0.131. The number of ether oxygens (including phenoxy) is 1. The summed E-state index contributed by atoms with van der Waals surface area (Å²) in [7, 11) is 0. The zero-order valence-corrected chi connectivity index (χ0v) is 13.6. The zero-order valence-electron chi connectivity index (χ0n) is 12.8. The van der Waals surface area contributed by atoms with Crippen molar-refractivity contribution < 1.29 is 9.53 Å². The van der Waals surface area contributed by atoms with E-state index in [-0.39, 0.29) is 5.91 Å². The maximum Gasteiger partial charge on any atom is 0.253 e. The van der Waals surface area contributed by atoms with Crippen LogP contribution in [-0.4, -0.2) is 30.5 Å². The molecule has 1 aromatic heterocycles. The maximum atomic E-state index is 12.5. The monoisotopic (exact) mass is 315 g/mol. The SMILES string of the molecule is CCOc1ccc(C(=O)N2CCC(c3ccsc3)CC2)cc1. The molecule has 0 bridgehead atoms. The van der Waals surface area contributed by atoms with E-state index in [0.717, 1.165) is 37.2 Å². The van der Waals surface area contributed by atoms with Gasteiger partial charge >= 0.3 is 0 Å². The summed E-state index contributed by atoms with van der Waals surface area (Å²) < 4.78 is 5.42. The van der Waals surface area contributed by atoms with E-state index in [1.165, 1.54) is 5.56 Å². The number of nitrogens with zero attached hydrogens (tertiary/aromatic N) is 1. The fourth-order valence-corrected chi connectivity index (χ4v) is 3.71. The smallest absolute Gasteiger partial charge is 0.253 e. The number of rotatable bonds is 4. The average Bonchev–Trinajstić information content (AvgIpc) is 3.10. The molecule has 116 valence electrons. The number of hydrogen-bond acceptors (Lipinski definition) is 3. The first-order chi connectivity index (χ1) is 10.8. The minimum Gasteiger partial charge on any atom is -0.494 e. The van der Waals surface area contributed by atoms with Crippen molar-refractivity contribution in [2.45, 2.75) is 25.7 Å². The highest BCUT2D eigenvalue weighted by atomic mass is 32.1. The molecule has 0 saturated carbocycles. The van der Waals surface area contributed by atoms with Gasteiger partial charge in [0.25, 0.3) is 5.91 Å². The molecule has 2 aromatic rings. The van der Waals surface area contributed by atoms with Crippen molar-refractivity contribution in [3.05, 3.63) is 52.2 Å². The van der Waals surface area contributed by atoms with Gasteiger partial charge in [0, 0.05) is 18.7 Å². The van der Waals surface area contributed by atoms with Gasteiger partial charge < -0.3 is 9.64 Å². The third-order valence-corrected chi connectivity index (χ3v) is 4.91. The number of piperidine rings is 1. The van der Waals surface area contributed by atoms with E-state index in [9.17, 15) is 4.79 Å². The lowest BCUT2D eigenvalue weighted by atomic mass is 9.91. The molecule has 1 aromatic carbocycles. The molecule has 0 atom stereocenters. The van der Waals surface area contributed by atoms with Gasteiger partial charge in [0.15, 0.2) is 0 Å². The van der Waals surface area contributed by atoms with Crippen molar-refractivity contribution >= 4 is 17.2 Å². The average molecular weight is 315 g/mol. The predicted octanol–water partition coefficient (Wildman–Crippen LogP) is 4.17. The molecule has 0 radical (unpaired) electrons. The highest BCUT2D eigenvalue weighted by molar-refractivity contribution is 7.07. The van der Waals surface area contributed by atoms with Crippen molar-refractivity contribution in [2.75, 3.05) is 19.7 Å². The summed E-state index contributed by atoms with van der Waals surface area (Å²) in [6.07, 6.45) is 2.11. The van der Waals surface area contributed by atoms with Crippen molar-refractivity contribution in [1.29, 1.82) is 0 Å². The summed E-state index contributed by atoms with van der Waals surface area (Å²) in [5, 5.41) is 4.36. The quantitative estimate of drug-likeness (QED) is 0.847. The van der Waals surface area contributed by atoms with Crippen LogP contribution in [0.5, 0.6) is 5.75 Å². The number of likely N-dealkylation sites (tertiary alicyclic amines) is 1. The van der Waals surface area contributed by atoms with E-state index in [1.54, 1.807) is 11.3 Å². The van der Waals surface area contributed by atoms with Crippen molar-refractivity contribution in [3.63, 3.8) is 0 Å². The van der Waals surface area contributed by atoms with E-state index >= 15 is 0 Å². The van der Waals surface area contributed by atoms with Crippen LogP contribution in [0.3, 0.4) is 0 Å². The Morgan fingerprint density at radius 3 is 2.55 bits per heavy atom. The molecule has 0 N–H and O–H groups in total. The Kier molecular flexibility index (Phi) is 4.78.